The molecule has 0 saturated heterocycles. The van der Waals surface area contributed by atoms with Gasteiger partial charge in [0, 0.05) is 6.07 Å². The van der Waals surface area contributed by atoms with Crippen molar-refractivity contribution in [3.8, 4) is 11.1 Å². The van der Waals surface area contributed by atoms with Crippen molar-refractivity contribution in [2.24, 2.45) is 0 Å². The number of carbonyl (C=O) groups excluding carboxylic acids is 1. The second kappa shape index (κ2) is 5.97. The van der Waals surface area contributed by atoms with E-state index in [-0.39, 0.29) is 17.9 Å². The van der Waals surface area contributed by atoms with Gasteiger partial charge in [-0.05, 0) is 24.6 Å². The number of esters is 1. The molecule has 2 rings (SSSR count). The highest BCUT2D eigenvalue weighted by molar-refractivity contribution is 5.92. The molecule has 0 bridgehead atoms. The van der Waals surface area contributed by atoms with Gasteiger partial charge >= 0.3 is 5.97 Å². The minimum Gasteiger partial charge on any atom is -0.462 e. The number of nitrogens with zero attached hydrogens (tertiary/aromatic N) is 1. The molecular formula is C15H13NO4. The average molecular weight is 271 g/mol. The van der Waals surface area contributed by atoms with Gasteiger partial charge in [-0.2, -0.15) is 0 Å². The molecule has 102 valence electrons. The summed E-state index contributed by atoms with van der Waals surface area (Å²) in [7, 11) is 0. The van der Waals surface area contributed by atoms with Crippen molar-refractivity contribution in [3.63, 3.8) is 0 Å². The molecule has 0 atom stereocenters. The van der Waals surface area contributed by atoms with Gasteiger partial charge in [0.05, 0.1) is 22.7 Å². The molecule has 0 heterocycles. The fourth-order valence-corrected chi connectivity index (χ4v) is 1.89. The smallest absolute Gasteiger partial charge is 0.338 e. The SMILES string of the molecule is CCOC(=O)c1ccc(-c2ccccc2)c([N+](=O)[O-])c1. The fraction of sp³-hybridized carbons (Fsp3) is 0.133. The lowest BCUT2D eigenvalue weighted by atomic mass is 10.0. The number of hydrogen-bond donors (Lipinski definition) is 0. The molecule has 2 aromatic carbocycles. The summed E-state index contributed by atoms with van der Waals surface area (Å²) in [5.41, 5.74) is 1.28. The van der Waals surface area contributed by atoms with Crippen molar-refractivity contribution >= 4 is 11.7 Å². The lowest BCUT2D eigenvalue weighted by molar-refractivity contribution is -0.384. The summed E-state index contributed by atoms with van der Waals surface area (Å²) in [5.74, 6) is -0.560. The molecule has 2 aromatic rings. The minimum atomic E-state index is -0.560. The molecule has 0 radical (unpaired) electrons. The average Bonchev–Trinajstić information content (AvgIpc) is 2.47. The van der Waals surface area contributed by atoms with E-state index in [1.54, 1.807) is 37.3 Å². The van der Waals surface area contributed by atoms with Crippen LogP contribution in [0.3, 0.4) is 0 Å². The number of nitro benzene ring substituents is 1. The third kappa shape index (κ3) is 2.83. The predicted octanol–water partition coefficient (Wildman–Crippen LogP) is 3.44. The number of nitro groups is 1. The van der Waals surface area contributed by atoms with E-state index >= 15 is 0 Å². The van der Waals surface area contributed by atoms with Gasteiger partial charge in [-0.25, -0.2) is 4.79 Å². The van der Waals surface area contributed by atoms with Crippen LogP contribution in [0.25, 0.3) is 11.1 Å². The van der Waals surface area contributed by atoms with Crippen LogP contribution in [0.4, 0.5) is 5.69 Å². The van der Waals surface area contributed by atoms with Crippen LogP contribution < -0.4 is 0 Å². The highest BCUT2D eigenvalue weighted by Gasteiger charge is 2.19. The Hall–Kier alpha value is -2.69. The monoisotopic (exact) mass is 271 g/mol. The molecule has 20 heavy (non-hydrogen) atoms. The Morgan fingerprint density at radius 2 is 1.90 bits per heavy atom. The number of ether oxygens (including phenoxy) is 1. The van der Waals surface area contributed by atoms with Crippen LogP contribution in [-0.2, 0) is 4.74 Å². The topological polar surface area (TPSA) is 69.4 Å². The summed E-state index contributed by atoms with van der Waals surface area (Å²) >= 11 is 0. The summed E-state index contributed by atoms with van der Waals surface area (Å²) in [6.45, 7) is 1.91. The van der Waals surface area contributed by atoms with Crippen LogP contribution >= 0.6 is 0 Å². The first-order valence-electron chi connectivity index (χ1n) is 6.14. The van der Waals surface area contributed by atoms with Crippen LogP contribution in [0, 0.1) is 10.1 Å². The number of rotatable bonds is 4. The first kappa shape index (κ1) is 13.7. The molecule has 0 fully saturated rings. The summed E-state index contributed by atoms with van der Waals surface area (Å²) in [6, 6.07) is 13.4. The second-order valence-electron chi connectivity index (χ2n) is 4.08. The summed E-state index contributed by atoms with van der Waals surface area (Å²) in [5, 5.41) is 11.2. The Morgan fingerprint density at radius 3 is 2.50 bits per heavy atom. The Labute approximate surface area is 116 Å². The van der Waals surface area contributed by atoms with Crippen molar-refractivity contribution in [1.82, 2.24) is 0 Å². The number of hydrogen-bond acceptors (Lipinski definition) is 4. The van der Waals surface area contributed by atoms with Gasteiger partial charge < -0.3 is 4.74 Å². The molecule has 0 N–H and O–H groups in total. The van der Waals surface area contributed by atoms with E-state index in [2.05, 4.69) is 0 Å². The van der Waals surface area contributed by atoms with Gasteiger partial charge in [-0.3, -0.25) is 10.1 Å². The first-order valence-corrected chi connectivity index (χ1v) is 6.14. The molecule has 5 nitrogen and oxygen atoms in total. The molecule has 0 spiro atoms. The Kier molecular flexibility index (Phi) is 4.10. The summed E-state index contributed by atoms with van der Waals surface area (Å²) in [6.07, 6.45) is 0. The Balaban J connectivity index is 2.49. The van der Waals surface area contributed by atoms with Crippen molar-refractivity contribution in [2.75, 3.05) is 6.61 Å². The van der Waals surface area contributed by atoms with E-state index in [0.29, 0.717) is 5.56 Å². The molecule has 0 aliphatic heterocycles. The standard InChI is InChI=1S/C15H13NO4/c1-2-20-15(17)12-8-9-13(14(10-12)16(18)19)11-6-4-3-5-7-11/h3-10H,2H2,1H3. The van der Waals surface area contributed by atoms with Crippen LogP contribution in [0.15, 0.2) is 48.5 Å². The van der Waals surface area contributed by atoms with E-state index < -0.39 is 10.9 Å². The third-order valence-corrected chi connectivity index (χ3v) is 2.79. The highest BCUT2D eigenvalue weighted by atomic mass is 16.6. The first-order chi connectivity index (χ1) is 9.63. The van der Waals surface area contributed by atoms with Gasteiger partial charge in [-0.15, -0.1) is 0 Å². The summed E-state index contributed by atoms with van der Waals surface area (Å²) in [4.78, 5) is 22.3. The molecule has 0 amide bonds. The normalized spacial score (nSPS) is 10.1. The van der Waals surface area contributed by atoms with E-state index in [1.807, 2.05) is 6.07 Å². The molecular weight excluding hydrogens is 258 g/mol. The number of carbonyl (C=O) groups is 1. The lowest BCUT2D eigenvalue weighted by Gasteiger charge is -2.06. The second-order valence-corrected chi connectivity index (χ2v) is 4.08. The van der Waals surface area contributed by atoms with Crippen LogP contribution in [-0.4, -0.2) is 17.5 Å². The molecule has 0 aliphatic carbocycles. The van der Waals surface area contributed by atoms with Crippen molar-refractivity contribution in [1.29, 1.82) is 0 Å². The van der Waals surface area contributed by atoms with E-state index in [4.69, 9.17) is 4.74 Å². The Morgan fingerprint density at radius 1 is 1.20 bits per heavy atom. The van der Waals surface area contributed by atoms with Crippen molar-refractivity contribution < 1.29 is 14.5 Å². The van der Waals surface area contributed by atoms with E-state index in [1.165, 1.54) is 12.1 Å². The zero-order valence-corrected chi connectivity index (χ0v) is 10.9. The Bertz CT molecular complexity index is 638. The maximum atomic E-state index is 11.6. The van der Waals surface area contributed by atoms with Crippen molar-refractivity contribution in [3.05, 3.63) is 64.2 Å². The van der Waals surface area contributed by atoms with Gasteiger partial charge in [0.1, 0.15) is 0 Å². The molecule has 5 heteroatoms. The third-order valence-electron chi connectivity index (χ3n) is 2.79. The molecule has 0 aromatic heterocycles. The van der Waals surface area contributed by atoms with Crippen molar-refractivity contribution in [2.45, 2.75) is 6.92 Å². The van der Waals surface area contributed by atoms with Gasteiger partial charge in [0.15, 0.2) is 0 Å². The predicted molar refractivity (Wildman–Crippen MR) is 74.5 cm³/mol. The van der Waals surface area contributed by atoms with Gasteiger partial charge in [0.2, 0.25) is 0 Å². The highest BCUT2D eigenvalue weighted by Crippen LogP contribution is 2.30. The van der Waals surface area contributed by atoms with Crippen LogP contribution in [0.1, 0.15) is 17.3 Å². The van der Waals surface area contributed by atoms with Crippen LogP contribution in [0.5, 0.6) is 0 Å². The molecule has 0 saturated carbocycles. The molecule has 0 aliphatic rings. The van der Waals surface area contributed by atoms with Gasteiger partial charge in [0.25, 0.3) is 5.69 Å². The minimum absolute atomic E-state index is 0.109. The number of benzene rings is 2. The fourth-order valence-electron chi connectivity index (χ4n) is 1.89. The molecule has 0 unspecified atom stereocenters. The zero-order chi connectivity index (χ0) is 14.5. The largest absolute Gasteiger partial charge is 0.462 e. The maximum absolute atomic E-state index is 11.6. The zero-order valence-electron chi connectivity index (χ0n) is 10.9. The van der Waals surface area contributed by atoms with E-state index in [9.17, 15) is 14.9 Å². The van der Waals surface area contributed by atoms with Crippen LogP contribution in [0.2, 0.25) is 0 Å². The summed E-state index contributed by atoms with van der Waals surface area (Å²) < 4.78 is 4.85. The lowest BCUT2D eigenvalue weighted by Crippen LogP contribution is -2.05. The maximum Gasteiger partial charge on any atom is 0.338 e. The van der Waals surface area contributed by atoms with E-state index in [0.717, 1.165) is 5.56 Å². The van der Waals surface area contributed by atoms with Gasteiger partial charge in [-0.1, -0.05) is 30.3 Å². The quantitative estimate of drug-likeness (QED) is 0.485.